The Bertz CT molecular complexity index is 755. The molecule has 0 fully saturated rings. The summed E-state index contributed by atoms with van der Waals surface area (Å²) in [5, 5.41) is 11.5. The van der Waals surface area contributed by atoms with E-state index in [-0.39, 0.29) is 6.04 Å². The molecule has 144 valence electrons. The van der Waals surface area contributed by atoms with Crippen molar-refractivity contribution in [3.8, 4) is 0 Å². The molecule has 1 aromatic rings. The highest BCUT2D eigenvalue weighted by atomic mass is 15.5. The summed E-state index contributed by atoms with van der Waals surface area (Å²) < 4.78 is 0. The summed E-state index contributed by atoms with van der Waals surface area (Å²) in [6, 6.07) is 9.18. The molecule has 0 saturated heterocycles. The van der Waals surface area contributed by atoms with Crippen LogP contribution in [0, 0.1) is 5.92 Å². The van der Waals surface area contributed by atoms with E-state index in [9.17, 15) is 0 Å². The standard InChI is InChI=1S/C24H33N3/c1-5-20-15-21-11-7-6-8-12-22(21)16-25-26-27(17-18(2)3)19(4)23-13-9-10-14-24(20)23/h6-10,12-14,18-20H,5,11,15-17H2,1-4H3. The van der Waals surface area contributed by atoms with E-state index in [4.69, 9.17) is 0 Å². The van der Waals surface area contributed by atoms with Crippen molar-refractivity contribution in [2.45, 2.75) is 58.9 Å². The lowest BCUT2D eigenvalue weighted by Crippen LogP contribution is -2.26. The molecule has 27 heavy (non-hydrogen) atoms. The van der Waals surface area contributed by atoms with E-state index in [0.717, 1.165) is 25.8 Å². The second-order valence-electron chi connectivity index (χ2n) is 8.14. The zero-order valence-corrected chi connectivity index (χ0v) is 17.2. The molecular formula is C24H33N3. The van der Waals surface area contributed by atoms with Crippen LogP contribution in [0.25, 0.3) is 0 Å². The first-order valence-corrected chi connectivity index (χ1v) is 10.4. The maximum Gasteiger partial charge on any atom is 0.0870 e. The lowest BCUT2D eigenvalue weighted by atomic mass is 9.83. The van der Waals surface area contributed by atoms with Gasteiger partial charge in [-0.1, -0.05) is 80.1 Å². The molecule has 0 bridgehead atoms. The third-order valence-electron chi connectivity index (χ3n) is 5.65. The third-order valence-corrected chi connectivity index (χ3v) is 5.65. The van der Waals surface area contributed by atoms with Crippen molar-refractivity contribution < 1.29 is 0 Å². The van der Waals surface area contributed by atoms with Gasteiger partial charge < -0.3 is 0 Å². The second-order valence-corrected chi connectivity index (χ2v) is 8.14. The van der Waals surface area contributed by atoms with Gasteiger partial charge >= 0.3 is 0 Å². The fourth-order valence-electron chi connectivity index (χ4n) is 4.12. The van der Waals surface area contributed by atoms with Gasteiger partial charge in [0.1, 0.15) is 0 Å². The van der Waals surface area contributed by atoms with Crippen molar-refractivity contribution in [2.24, 2.45) is 16.3 Å². The van der Waals surface area contributed by atoms with Gasteiger partial charge in [-0.2, -0.15) is 5.11 Å². The topological polar surface area (TPSA) is 28.0 Å². The molecule has 1 aliphatic carbocycles. The van der Waals surface area contributed by atoms with Gasteiger partial charge in [0.2, 0.25) is 0 Å². The molecular weight excluding hydrogens is 330 g/mol. The van der Waals surface area contributed by atoms with E-state index in [1.54, 1.807) is 0 Å². The molecule has 3 rings (SSSR count). The number of benzene rings is 1. The van der Waals surface area contributed by atoms with Crippen LogP contribution in [0.5, 0.6) is 0 Å². The van der Waals surface area contributed by atoms with Gasteiger partial charge in [-0.25, -0.2) is 0 Å². The zero-order valence-electron chi connectivity index (χ0n) is 17.2. The van der Waals surface area contributed by atoms with Gasteiger partial charge in [0, 0.05) is 6.54 Å². The first-order valence-electron chi connectivity index (χ1n) is 10.4. The van der Waals surface area contributed by atoms with Gasteiger partial charge in [-0.15, -0.1) is 0 Å². The molecule has 1 aromatic carbocycles. The van der Waals surface area contributed by atoms with Crippen LogP contribution >= 0.6 is 0 Å². The largest absolute Gasteiger partial charge is 0.271 e. The number of nitrogens with zero attached hydrogens (tertiary/aromatic N) is 3. The highest BCUT2D eigenvalue weighted by Crippen LogP contribution is 2.37. The van der Waals surface area contributed by atoms with Crippen molar-refractivity contribution >= 4 is 0 Å². The van der Waals surface area contributed by atoms with Crippen LogP contribution in [0.3, 0.4) is 0 Å². The number of fused-ring (bicyclic) bond motifs is 1. The molecule has 3 nitrogen and oxygen atoms in total. The van der Waals surface area contributed by atoms with Crippen LogP contribution in [-0.4, -0.2) is 18.1 Å². The van der Waals surface area contributed by atoms with Gasteiger partial charge in [0.05, 0.1) is 12.6 Å². The second kappa shape index (κ2) is 9.16. The van der Waals surface area contributed by atoms with E-state index in [1.807, 2.05) is 0 Å². The zero-order chi connectivity index (χ0) is 19.2. The van der Waals surface area contributed by atoms with Crippen LogP contribution in [0.15, 0.2) is 70.1 Å². The highest BCUT2D eigenvalue weighted by molar-refractivity contribution is 5.38. The monoisotopic (exact) mass is 363 g/mol. The lowest BCUT2D eigenvalue weighted by molar-refractivity contribution is 0.179. The summed E-state index contributed by atoms with van der Waals surface area (Å²) in [5.74, 6) is 1.08. The van der Waals surface area contributed by atoms with Crippen LogP contribution in [-0.2, 0) is 0 Å². The molecule has 2 aliphatic rings. The minimum Gasteiger partial charge on any atom is -0.271 e. The lowest BCUT2D eigenvalue weighted by Gasteiger charge is -2.30. The van der Waals surface area contributed by atoms with Crippen molar-refractivity contribution in [3.63, 3.8) is 0 Å². The minimum atomic E-state index is 0.231. The summed E-state index contributed by atoms with van der Waals surface area (Å²) in [4.78, 5) is 0. The number of hydrogen-bond donors (Lipinski definition) is 0. The molecule has 0 amide bonds. The van der Waals surface area contributed by atoms with Crippen LogP contribution in [0.4, 0.5) is 0 Å². The predicted molar refractivity (Wildman–Crippen MR) is 114 cm³/mol. The van der Waals surface area contributed by atoms with Crippen LogP contribution < -0.4 is 0 Å². The van der Waals surface area contributed by atoms with Crippen molar-refractivity contribution in [1.82, 2.24) is 5.01 Å². The summed E-state index contributed by atoms with van der Waals surface area (Å²) in [6.07, 6.45) is 12.0. The van der Waals surface area contributed by atoms with Crippen LogP contribution in [0.1, 0.15) is 70.0 Å². The molecule has 3 heteroatoms. The Labute approximate surface area is 164 Å². The maximum atomic E-state index is 4.69. The predicted octanol–water partition coefficient (Wildman–Crippen LogP) is 6.78. The Hall–Kier alpha value is -2.16. The van der Waals surface area contributed by atoms with Gasteiger partial charge in [0.15, 0.2) is 0 Å². The Morgan fingerprint density at radius 1 is 1.15 bits per heavy atom. The smallest absolute Gasteiger partial charge is 0.0870 e. The Kier molecular flexibility index (Phi) is 6.65. The van der Waals surface area contributed by atoms with Crippen LogP contribution in [0.2, 0.25) is 0 Å². The molecule has 0 aromatic heterocycles. The normalized spacial score (nSPS) is 23.1. The fraction of sp³-hybridized carbons (Fsp3) is 0.500. The van der Waals surface area contributed by atoms with E-state index in [0.29, 0.717) is 18.4 Å². The molecule has 1 heterocycles. The summed E-state index contributed by atoms with van der Waals surface area (Å²) >= 11 is 0. The van der Waals surface area contributed by atoms with E-state index < -0.39 is 0 Å². The Morgan fingerprint density at radius 2 is 1.93 bits per heavy atom. The average Bonchev–Trinajstić information content (AvgIpc) is 2.89. The summed E-state index contributed by atoms with van der Waals surface area (Å²) in [6.45, 7) is 10.7. The summed E-state index contributed by atoms with van der Waals surface area (Å²) in [7, 11) is 0. The molecule has 2 atom stereocenters. The molecule has 0 radical (unpaired) electrons. The molecule has 0 N–H and O–H groups in total. The SMILES string of the molecule is CCC1CC2=C(C=CC=CC2)CN=NN(CC(C)C)C(C)c2ccccc21. The number of allylic oxidation sites excluding steroid dienone is 4. The van der Waals surface area contributed by atoms with E-state index in [2.05, 4.69) is 91.6 Å². The minimum absolute atomic E-state index is 0.231. The highest BCUT2D eigenvalue weighted by Gasteiger charge is 2.24. The number of hydrogen-bond acceptors (Lipinski definition) is 3. The van der Waals surface area contributed by atoms with Crippen molar-refractivity contribution in [1.29, 1.82) is 0 Å². The van der Waals surface area contributed by atoms with Gasteiger partial charge in [-0.05, 0) is 54.7 Å². The molecule has 0 saturated carbocycles. The van der Waals surface area contributed by atoms with Crippen molar-refractivity contribution in [3.05, 3.63) is 70.8 Å². The van der Waals surface area contributed by atoms with Gasteiger partial charge in [-0.3, -0.25) is 5.01 Å². The van der Waals surface area contributed by atoms with E-state index in [1.165, 1.54) is 22.3 Å². The van der Waals surface area contributed by atoms with E-state index >= 15 is 0 Å². The number of rotatable bonds is 3. The molecule has 0 spiro atoms. The molecule has 2 unspecified atom stereocenters. The fourth-order valence-corrected chi connectivity index (χ4v) is 4.12. The molecule has 1 aliphatic heterocycles. The Morgan fingerprint density at radius 3 is 2.67 bits per heavy atom. The van der Waals surface area contributed by atoms with Gasteiger partial charge in [0.25, 0.3) is 0 Å². The average molecular weight is 364 g/mol. The first-order chi connectivity index (χ1) is 13.1. The summed E-state index contributed by atoms with van der Waals surface area (Å²) in [5.41, 5.74) is 5.71. The maximum absolute atomic E-state index is 4.69. The first kappa shape index (κ1) is 19.6. The quantitative estimate of drug-likeness (QED) is 0.581. The Balaban J connectivity index is 2.08. The third kappa shape index (κ3) is 4.77. The van der Waals surface area contributed by atoms with Crippen molar-refractivity contribution in [2.75, 3.05) is 13.1 Å².